The predicted molar refractivity (Wildman–Crippen MR) is 91.5 cm³/mol. The van der Waals surface area contributed by atoms with Gasteiger partial charge in [0.2, 0.25) is 0 Å². The van der Waals surface area contributed by atoms with E-state index in [1.807, 2.05) is 0 Å². The molecule has 1 aliphatic carbocycles. The van der Waals surface area contributed by atoms with E-state index in [1.165, 1.54) is 41.4 Å². The van der Waals surface area contributed by atoms with Crippen LogP contribution in [-0.4, -0.2) is 19.1 Å². The molecule has 1 saturated carbocycles. The highest BCUT2D eigenvalue weighted by molar-refractivity contribution is 9.10. The summed E-state index contributed by atoms with van der Waals surface area (Å²) in [6, 6.07) is 7.99. The second-order valence-corrected chi connectivity index (χ2v) is 6.56. The fourth-order valence-electron chi connectivity index (χ4n) is 3.33. The zero-order valence-corrected chi connectivity index (χ0v) is 14.5. The number of rotatable bonds is 6. The molecule has 0 aromatic heterocycles. The third-order valence-corrected chi connectivity index (χ3v) is 5.09. The molecular weight excluding hydrogens is 312 g/mol. The maximum absolute atomic E-state index is 3.76. The second-order valence-electron chi connectivity index (χ2n) is 5.71. The van der Waals surface area contributed by atoms with E-state index in [9.17, 15) is 0 Å². The lowest BCUT2D eigenvalue weighted by Crippen LogP contribution is -2.33. The van der Waals surface area contributed by atoms with Crippen molar-refractivity contribution in [1.82, 2.24) is 5.32 Å². The van der Waals surface area contributed by atoms with E-state index in [0.717, 1.165) is 19.1 Å². The molecule has 0 heterocycles. The van der Waals surface area contributed by atoms with Gasteiger partial charge in [0.15, 0.2) is 0 Å². The second kappa shape index (κ2) is 7.46. The lowest BCUT2D eigenvalue weighted by molar-refractivity contribution is 0.594. The van der Waals surface area contributed by atoms with Crippen molar-refractivity contribution >= 4 is 21.6 Å². The highest BCUT2D eigenvalue weighted by atomic mass is 79.9. The highest BCUT2D eigenvalue weighted by Gasteiger charge is 2.22. The molecule has 1 N–H and O–H groups in total. The van der Waals surface area contributed by atoms with Crippen molar-refractivity contribution in [3.05, 3.63) is 28.2 Å². The van der Waals surface area contributed by atoms with Crippen molar-refractivity contribution in [2.24, 2.45) is 0 Å². The van der Waals surface area contributed by atoms with Crippen molar-refractivity contribution in [3.63, 3.8) is 0 Å². The quantitative estimate of drug-likeness (QED) is 0.794. The van der Waals surface area contributed by atoms with E-state index in [2.05, 4.69) is 65.1 Å². The van der Waals surface area contributed by atoms with E-state index < -0.39 is 0 Å². The molecule has 1 aliphatic rings. The SMILES string of the molecule is CCNC(C)c1ccc(N(CC)C2CCCC2)cc1Br. The standard InChI is InChI=1S/C17H27BrN2/c1-4-19-13(3)16-11-10-15(12-17(16)18)20(5-2)14-8-6-7-9-14/h10-14,19H,4-9H2,1-3H3. The molecule has 0 radical (unpaired) electrons. The molecule has 0 bridgehead atoms. The third kappa shape index (κ3) is 3.56. The molecule has 1 unspecified atom stereocenters. The normalized spacial score (nSPS) is 17.4. The van der Waals surface area contributed by atoms with Crippen molar-refractivity contribution in [3.8, 4) is 0 Å². The van der Waals surface area contributed by atoms with Gasteiger partial charge >= 0.3 is 0 Å². The molecule has 0 aliphatic heterocycles. The first kappa shape index (κ1) is 15.8. The van der Waals surface area contributed by atoms with Crippen LogP contribution in [0, 0.1) is 0 Å². The van der Waals surface area contributed by atoms with Gasteiger partial charge in [-0.05, 0) is 50.9 Å². The Morgan fingerprint density at radius 1 is 1.30 bits per heavy atom. The van der Waals surface area contributed by atoms with Crippen LogP contribution in [0.4, 0.5) is 5.69 Å². The van der Waals surface area contributed by atoms with Gasteiger partial charge in [-0.15, -0.1) is 0 Å². The van der Waals surface area contributed by atoms with E-state index in [1.54, 1.807) is 0 Å². The van der Waals surface area contributed by atoms with Gasteiger partial charge in [-0.1, -0.05) is 41.8 Å². The van der Waals surface area contributed by atoms with Crippen molar-refractivity contribution < 1.29 is 0 Å². The molecule has 1 atom stereocenters. The van der Waals surface area contributed by atoms with Gasteiger partial charge in [0.05, 0.1) is 0 Å². The van der Waals surface area contributed by atoms with E-state index in [0.29, 0.717) is 6.04 Å². The Morgan fingerprint density at radius 2 is 2.00 bits per heavy atom. The van der Waals surface area contributed by atoms with Crippen LogP contribution in [0.15, 0.2) is 22.7 Å². The van der Waals surface area contributed by atoms with Crippen LogP contribution in [0.25, 0.3) is 0 Å². The summed E-state index contributed by atoms with van der Waals surface area (Å²) in [6.45, 7) is 8.73. The third-order valence-electron chi connectivity index (χ3n) is 4.40. The summed E-state index contributed by atoms with van der Waals surface area (Å²) in [5.74, 6) is 0. The number of hydrogen-bond donors (Lipinski definition) is 1. The number of benzene rings is 1. The van der Waals surface area contributed by atoms with Gasteiger partial charge in [0, 0.05) is 28.8 Å². The summed E-state index contributed by atoms with van der Waals surface area (Å²) >= 11 is 3.76. The summed E-state index contributed by atoms with van der Waals surface area (Å²) in [5, 5.41) is 3.48. The molecule has 0 amide bonds. The Labute approximate surface area is 132 Å². The maximum Gasteiger partial charge on any atom is 0.0380 e. The van der Waals surface area contributed by atoms with Crippen molar-refractivity contribution in [2.45, 2.75) is 58.5 Å². The first-order valence-corrected chi connectivity index (χ1v) is 8.76. The molecule has 0 saturated heterocycles. The molecule has 2 nitrogen and oxygen atoms in total. The monoisotopic (exact) mass is 338 g/mol. The zero-order chi connectivity index (χ0) is 14.5. The maximum atomic E-state index is 3.76. The molecule has 1 aromatic rings. The minimum atomic E-state index is 0.394. The average Bonchev–Trinajstić information content (AvgIpc) is 2.94. The number of halogens is 1. The molecule has 3 heteroatoms. The molecule has 0 spiro atoms. The molecule has 20 heavy (non-hydrogen) atoms. The Balaban J connectivity index is 2.18. The van der Waals surface area contributed by atoms with Crippen LogP contribution in [0.2, 0.25) is 0 Å². The largest absolute Gasteiger partial charge is 0.369 e. The van der Waals surface area contributed by atoms with Gasteiger partial charge in [0.1, 0.15) is 0 Å². The molecule has 2 rings (SSSR count). The van der Waals surface area contributed by atoms with Crippen molar-refractivity contribution in [1.29, 1.82) is 0 Å². The first-order valence-electron chi connectivity index (χ1n) is 7.96. The van der Waals surface area contributed by atoms with Crippen LogP contribution in [-0.2, 0) is 0 Å². The fraction of sp³-hybridized carbons (Fsp3) is 0.647. The van der Waals surface area contributed by atoms with Gasteiger partial charge in [-0.3, -0.25) is 0 Å². The van der Waals surface area contributed by atoms with Crippen molar-refractivity contribution in [2.75, 3.05) is 18.0 Å². The number of nitrogens with one attached hydrogen (secondary N) is 1. The highest BCUT2D eigenvalue weighted by Crippen LogP contribution is 2.32. The fourth-order valence-corrected chi connectivity index (χ4v) is 4.04. The topological polar surface area (TPSA) is 15.3 Å². The Bertz CT molecular complexity index is 427. The van der Waals surface area contributed by atoms with Crippen LogP contribution >= 0.6 is 15.9 Å². The smallest absolute Gasteiger partial charge is 0.0380 e. The van der Waals surface area contributed by atoms with E-state index in [4.69, 9.17) is 0 Å². The Hall–Kier alpha value is -0.540. The molecule has 112 valence electrons. The zero-order valence-electron chi connectivity index (χ0n) is 13.0. The minimum absolute atomic E-state index is 0.394. The Morgan fingerprint density at radius 3 is 2.55 bits per heavy atom. The van der Waals surface area contributed by atoms with Crippen LogP contribution < -0.4 is 10.2 Å². The molecule has 1 aromatic carbocycles. The minimum Gasteiger partial charge on any atom is -0.369 e. The number of anilines is 1. The summed E-state index contributed by atoms with van der Waals surface area (Å²) in [6.07, 6.45) is 5.47. The van der Waals surface area contributed by atoms with E-state index in [-0.39, 0.29) is 0 Å². The molecular formula is C17H27BrN2. The van der Waals surface area contributed by atoms with Crippen LogP contribution in [0.1, 0.15) is 58.1 Å². The van der Waals surface area contributed by atoms with Crippen LogP contribution in [0.5, 0.6) is 0 Å². The summed E-state index contributed by atoms with van der Waals surface area (Å²) in [7, 11) is 0. The lowest BCUT2D eigenvalue weighted by Gasteiger charge is -2.30. The average molecular weight is 339 g/mol. The first-order chi connectivity index (χ1) is 9.67. The number of nitrogens with zero attached hydrogens (tertiary/aromatic N) is 1. The lowest BCUT2D eigenvalue weighted by atomic mass is 10.1. The van der Waals surface area contributed by atoms with Crippen LogP contribution in [0.3, 0.4) is 0 Å². The summed E-state index contributed by atoms with van der Waals surface area (Å²) < 4.78 is 1.22. The van der Waals surface area contributed by atoms with E-state index >= 15 is 0 Å². The predicted octanol–water partition coefficient (Wildman–Crippen LogP) is 4.89. The summed E-state index contributed by atoms with van der Waals surface area (Å²) in [5.41, 5.74) is 2.71. The summed E-state index contributed by atoms with van der Waals surface area (Å²) in [4.78, 5) is 2.57. The molecule has 1 fully saturated rings. The number of hydrogen-bond acceptors (Lipinski definition) is 2. The van der Waals surface area contributed by atoms with Gasteiger partial charge in [-0.2, -0.15) is 0 Å². The van der Waals surface area contributed by atoms with Gasteiger partial charge in [-0.25, -0.2) is 0 Å². The van der Waals surface area contributed by atoms with Gasteiger partial charge < -0.3 is 10.2 Å². The Kier molecular flexibility index (Phi) is 5.91. The van der Waals surface area contributed by atoms with Gasteiger partial charge in [0.25, 0.3) is 0 Å².